The molecule has 4 aromatic rings. The molecule has 3 aromatic heterocycles. The summed E-state index contributed by atoms with van der Waals surface area (Å²) in [4.78, 5) is 11.7. The molecular formula is C36H39F3N8O2. The van der Waals surface area contributed by atoms with Gasteiger partial charge in [0.1, 0.15) is 24.0 Å². The van der Waals surface area contributed by atoms with Crippen LogP contribution in [-0.2, 0) is 18.3 Å². The molecule has 3 fully saturated rings. The van der Waals surface area contributed by atoms with E-state index >= 15 is 0 Å². The van der Waals surface area contributed by atoms with Gasteiger partial charge in [0.05, 0.1) is 40.1 Å². The molecule has 13 heteroatoms. The fraction of sp³-hybridized carbons (Fsp3) is 0.556. The van der Waals surface area contributed by atoms with E-state index in [0.717, 1.165) is 61.0 Å². The van der Waals surface area contributed by atoms with Crippen LogP contribution in [-0.4, -0.2) is 74.5 Å². The Balaban J connectivity index is 1.17. The zero-order valence-electron chi connectivity index (χ0n) is 27.6. The molecule has 9 rings (SSSR count). The van der Waals surface area contributed by atoms with E-state index < -0.39 is 29.2 Å². The van der Waals surface area contributed by atoms with Crippen LogP contribution in [0.4, 0.5) is 18.9 Å². The van der Waals surface area contributed by atoms with Crippen LogP contribution >= 0.6 is 0 Å². The molecule has 0 bridgehead atoms. The number of hydrogen-bond donors (Lipinski definition) is 2. The van der Waals surface area contributed by atoms with Crippen molar-refractivity contribution in [2.45, 2.75) is 106 Å². The average Bonchev–Trinajstić information content (AvgIpc) is 3.77. The second-order valence-corrected chi connectivity index (χ2v) is 15.1. The van der Waals surface area contributed by atoms with E-state index in [1.165, 1.54) is 0 Å². The molecule has 2 saturated heterocycles. The maximum atomic E-state index is 14.4. The van der Waals surface area contributed by atoms with E-state index in [9.17, 15) is 18.4 Å². The minimum Gasteiger partial charge on any atom is -0.471 e. The average molecular weight is 673 g/mol. The summed E-state index contributed by atoms with van der Waals surface area (Å²) in [5.41, 5.74) is 11.5. The van der Waals surface area contributed by atoms with Crippen molar-refractivity contribution >= 4 is 16.7 Å². The number of imidazole rings is 1. The Labute approximate surface area is 281 Å². The van der Waals surface area contributed by atoms with Gasteiger partial charge < -0.3 is 24.9 Å². The number of halogens is 3. The molecule has 49 heavy (non-hydrogen) atoms. The minimum absolute atomic E-state index is 0.151. The fourth-order valence-electron chi connectivity index (χ4n) is 9.82. The maximum absolute atomic E-state index is 14.4. The molecule has 0 unspecified atom stereocenters. The highest BCUT2D eigenvalue weighted by Gasteiger charge is 2.64. The van der Waals surface area contributed by atoms with Gasteiger partial charge >= 0.3 is 0 Å². The summed E-state index contributed by atoms with van der Waals surface area (Å²) >= 11 is 0. The van der Waals surface area contributed by atoms with Crippen molar-refractivity contribution in [2.24, 2.45) is 0 Å². The number of hydrogen-bond acceptors (Lipinski definition) is 9. The number of nitriles is 1. The van der Waals surface area contributed by atoms with Crippen molar-refractivity contribution < 1.29 is 22.4 Å². The summed E-state index contributed by atoms with van der Waals surface area (Å²) in [6, 6.07) is 7.78. The summed E-state index contributed by atoms with van der Waals surface area (Å²) in [6.07, 6.45) is 5.30. The number of likely N-dealkylation sites (N-methyl/N-ethyl adjacent to an activating group) is 1. The van der Waals surface area contributed by atoms with Crippen LogP contribution in [0.3, 0.4) is 0 Å². The molecule has 5 aliphatic rings. The first-order valence-electron chi connectivity index (χ1n) is 17.4. The van der Waals surface area contributed by atoms with Crippen LogP contribution < -0.4 is 15.8 Å². The topological polar surface area (TPSA) is 131 Å². The Bertz CT molecular complexity index is 2020. The Morgan fingerprint density at radius 2 is 2.00 bits per heavy atom. The van der Waals surface area contributed by atoms with Gasteiger partial charge in [-0.25, -0.2) is 23.1 Å². The number of pyridine rings is 1. The number of nitrogens with zero attached hydrogens (tertiary/aromatic N) is 6. The number of nitrogens with one attached hydrogen (secondary N) is 1. The highest BCUT2D eigenvalue weighted by molar-refractivity contribution is 5.85. The van der Waals surface area contributed by atoms with Crippen molar-refractivity contribution in [1.29, 1.82) is 5.26 Å². The number of fused-ring (bicyclic) bond motifs is 5. The van der Waals surface area contributed by atoms with E-state index in [0.29, 0.717) is 59.1 Å². The molecule has 1 aromatic carbocycles. The lowest BCUT2D eigenvalue weighted by molar-refractivity contribution is -0.174. The highest BCUT2D eigenvalue weighted by atomic mass is 19.3. The zero-order valence-corrected chi connectivity index (χ0v) is 27.6. The number of aryl methyl sites for hydroxylation is 1. The molecule has 3 aliphatic carbocycles. The predicted octanol–water partition coefficient (Wildman–Crippen LogP) is 5.62. The van der Waals surface area contributed by atoms with Gasteiger partial charge in [0.15, 0.2) is 11.3 Å². The van der Waals surface area contributed by atoms with Crippen molar-refractivity contribution in [2.75, 3.05) is 25.9 Å². The van der Waals surface area contributed by atoms with Gasteiger partial charge in [-0.15, -0.1) is 0 Å². The summed E-state index contributed by atoms with van der Waals surface area (Å²) < 4.78 is 57.5. The van der Waals surface area contributed by atoms with E-state index in [-0.39, 0.29) is 24.9 Å². The number of benzene rings is 1. The quantitative estimate of drug-likeness (QED) is 0.260. The van der Waals surface area contributed by atoms with E-state index in [2.05, 4.69) is 16.5 Å². The van der Waals surface area contributed by atoms with Crippen molar-refractivity contribution in [1.82, 2.24) is 29.9 Å². The lowest BCUT2D eigenvalue weighted by atomic mass is 9.61. The lowest BCUT2D eigenvalue weighted by Gasteiger charge is -2.59. The summed E-state index contributed by atoms with van der Waals surface area (Å²) in [7, 11) is 1.89. The largest absolute Gasteiger partial charge is 0.471 e. The summed E-state index contributed by atoms with van der Waals surface area (Å²) in [6.45, 7) is 2.80. The molecule has 0 amide bonds. The number of anilines is 1. The Kier molecular flexibility index (Phi) is 6.73. The van der Waals surface area contributed by atoms with Gasteiger partial charge in [-0.05, 0) is 82.2 Å². The predicted molar refractivity (Wildman–Crippen MR) is 175 cm³/mol. The molecule has 10 nitrogen and oxygen atoms in total. The molecule has 2 aliphatic heterocycles. The Hall–Kier alpha value is -4.15. The molecule has 2 spiro atoms. The smallest absolute Gasteiger partial charge is 0.251 e. The SMILES string of the molecule is C[C@H](Oc1nc(-c2noc3c2CCC[C@@]32CCCc3ccc(N)c(C#N)c32)cc2c1ncn2[C@@H]1CNC12CC(F)(F)C2)[C@@H]1C[C@@H](F)CN1C. The van der Waals surface area contributed by atoms with Crippen molar-refractivity contribution in [3.8, 4) is 23.3 Å². The standard InChI is InChI=1S/C36H39F3N8O2/c1-19(26-11-21(37)15-46(26)2)48-33-31-27(47(18-42-31)28-14-43-35(28)16-36(38,39)17-35)12-25(44-33)30-22-6-4-10-34(32(22)49-45-30)9-3-5-20-7-8-24(41)23(13-40)29(20)34/h7-8,12,18-19,21,26,28,43H,3-6,9-11,14-17,41H2,1-2H3/t19-,21+,26-,28+,34+/m0/s1. The van der Waals surface area contributed by atoms with E-state index in [1.54, 1.807) is 6.33 Å². The summed E-state index contributed by atoms with van der Waals surface area (Å²) in [5.74, 6) is -1.65. The molecule has 5 heterocycles. The van der Waals surface area contributed by atoms with Crippen LogP contribution in [0, 0.1) is 11.3 Å². The molecule has 256 valence electrons. The second-order valence-electron chi connectivity index (χ2n) is 15.1. The third-order valence-corrected chi connectivity index (χ3v) is 12.1. The van der Waals surface area contributed by atoms with E-state index in [4.69, 9.17) is 25.0 Å². The first-order chi connectivity index (χ1) is 23.5. The van der Waals surface area contributed by atoms with Gasteiger partial charge in [0.25, 0.3) is 5.92 Å². The molecule has 0 radical (unpaired) electrons. The zero-order chi connectivity index (χ0) is 33.9. The van der Waals surface area contributed by atoms with E-state index in [1.807, 2.05) is 41.6 Å². The number of nitrogen functional groups attached to an aromatic ring is 1. The molecule has 5 atom stereocenters. The van der Waals surface area contributed by atoms with Crippen LogP contribution in [0.25, 0.3) is 22.4 Å². The highest BCUT2D eigenvalue weighted by Crippen LogP contribution is 2.56. The number of rotatable bonds is 5. The van der Waals surface area contributed by atoms with Crippen LogP contribution in [0.5, 0.6) is 5.88 Å². The first-order valence-corrected chi connectivity index (χ1v) is 17.4. The number of aromatic nitrogens is 4. The van der Waals surface area contributed by atoms with Gasteiger partial charge in [-0.1, -0.05) is 11.2 Å². The Morgan fingerprint density at radius 1 is 1.20 bits per heavy atom. The van der Waals surface area contributed by atoms with Gasteiger partial charge in [0, 0.05) is 43.2 Å². The van der Waals surface area contributed by atoms with Crippen LogP contribution in [0.15, 0.2) is 29.0 Å². The number of ether oxygens (including phenoxy) is 1. The van der Waals surface area contributed by atoms with Gasteiger partial charge in [0.2, 0.25) is 5.88 Å². The monoisotopic (exact) mass is 672 g/mol. The fourth-order valence-corrected chi connectivity index (χ4v) is 9.82. The molecule has 1 saturated carbocycles. The lowest BCUT2D eigenvalue weighted by Crippen LogP contribution is -2.74. The third kappa shape index (κ3) is 4.49. The third-order valence-electron chi connectivity index (χ3n) is 12.1. The normalized spacial score (nSPS) is 28.9. The van der Waals surface area contributed by atoms with Gasteiger partial charge in [-0.2, -0.15) is 5.26 Å². The molecule has 3 N–H and O–H groups in total. The van der Waals surface area contributed by atoms with Gasteiger partial charge in [-0.3, -0.25) is 4.90 Å². The van der Waals surface area contributed by atoms with Crippen molar-refractivity contribution in [3.63, 3.8) is 0 Å². The Morgan fingerprint density at radius 3 is 2.69 bits per heavy atom. The number of likely N-dealkylation sites (tertiary alicyclic amines) is 1. The molecular weight excluding hydrogens is 633 g/mol. The number of nitrogens with two attached hydrogens (primary N) is 1. The van der Waals surface area contributed by atoms with Crippen molar-refractivity contribution in [3.05, 3.63) is 52.5 Å². The summed E-state index contributed by atoms with van der Waals surface area (Å²) in [5, 5.41) is 18.1. The number of alkyl halides is 3. The minimum atomic E-state index is -2.69. The second kappa shape index (κ2) is 10.7. The van der Waals surface area contributed by atoms with Crippen LogP contribution in [0.2, 0.25) is 0 Å². The maximum Gasteiger partial charge on any atom is 0.251 e. The van der Waals surface area contributed by atoms with Crippen LogP contribution in [0.1, 0.15) is 85.9 Å². The first kappa shape index (κ1) is 30.9.